The molecule has 2 aliphatic heterocycles. The number of rotatable bonds is 2. The molecule has 0 aromatic heterocycles. The standard InChI is InChI=1S/C22H18N4S/c1-13(2)14-7-9-15(10-8-14)20-16(11-23)21(25)26-18-5-3-4-6-19(18)27-22(26)17(20)12-24/h3-10,13,20H,25H2,1-2H3/t20-/m1/s1. The van der Waals surface area contributed by atoms with Crippen LogP contribution in [0.2, 0.25) is 0 Å². The van der Waals surface area contributed by atoms with Gasteiger partial charge in [-0.1, -0.05) is 62.0 Å². The third-order valence-corrected chi connectivity index (χ3v) is 6.18. The summed E-state index contributed by atoms with van der Waals surface area (Å²) in [5, 5.41) is 20.6. The third-order valence-electron chi connectivity index (χ3n) is 5.02. The van der Waals surface area contributed by atoms with Gasteiger partial charge in [-0.15, -0.1) is 0 Å². The number of anilines is 1. The van der Waals surface area contributed by atoms with E-state index in [-0.39, 0.29) is 0 Å². The Morgan fingerprint density at radius 1 is 1.00 bits per heavy atom. The Hall–Kier alpha value is -3.15. The number of allylic oxidation sites excluding steroid dienone is 2. The molecule has 5 heteroatoms. The van der Waals surface area contributed by atoms with Crippen molar-refractivity contribution < 1.29 is 0 Å². The fourth-order valence-electron chi connectivity index (χ4n) is 3.58. The van der Waals surface area contributed by atoms with E-state index in [0.29, 0.717) is 22.9 Å². The maximum absolute atomic E-state index is 9.97. The summed E-state index contributed by atoms with van der Waals surface area (Å²) < 4.78 is 0. The Bertz CT molecular complexity index is 1060. The summed E-state index contributed by atoms with van der Waals surface area (Å²) in [7, 11) is 0. The topological polar surface area (TPSA) is 76.8 Å². The van der Waals surface area contributed by atoms with Crippen LogP contribution in [0.5, 0.6) is 0 Å². The van der Waals surface area contributed by atoms with Gasteiger partial charge in [0.1, 0.15) is 10.9 Å². The maximum atomic E-state index is 9.97. The number of nitrogens with two attached hydrogens (primary N) is 1. The molecule has 0 saturated heterocycles. The van der Waals surface area contributed by atoms with Crippen LogP contribution in [0.4, 0.5) is 5.69 Å². The van der Waals surface area contributed by atoms with Crippen molar-refractivity contribution in [3.63, 3.8) is 0 Å². The van der Waals surface area contributed by atoms with E-state index in [0.717, 1.165) is 21.2 Å². The monoisotopic (exact) mass is 370 g/mol. The lowest BCUT2D eigenvalue weighted by Crippen LogP contribution is -2.32. The fourth-order valence-corrected chi connectivity index (χ4v) is 4.76. The van der Waals surface area contributed by atoms with Gasteiger partial charge in [-0.25, -0.2) is 0 Å². The molecule has 2 N–H and O–H groups in total. The smallest absolute Gasteiger partial charge is 0.123 e. The average molecular weight is 370 g/mol. The average Bonchev–Trinajstić information content (AvgIpc) is 3.07. The highest BCUT2D eigenvalue weighted by atomic mass is 32.2. The minimum Gasteiger partial charge on any atom is -0.384 e. The zero-order chi connectivity index (χ0) is 19.1. The minimum atomic E-state index is -0.436. The van der Waals surface area contributed by atoms with Crippen LogP contribution in [-0.4, -0.2) is 0 Å². The molecule has 0 saturated carbocycles. The van der Waals surface area contributed by atoms with E-state index in [1.807, 2.05) is 41.3 Å². The van der Waals surface area contributed by atoms with Gasteiger partial charge in [0, 0.05) is 4.90 Å². The lowest BCUT2D eigenvalue weighted by Gasteiger charge is -2.31. The third kappa shape index (κ3) is 2.60. The molecule has 27 heavy (non-hydrogen) atoms. The number of hydrogen-bond donors (Lipinski definition) is 1. The molecule has 0 amide bonds. The first-order chi connectivity index (χ1) is 13.1. The molecule has 0 spiro atoms. The van der Waals surface area contributed by atoms with Crippen molar-refractivity contribution in [1.29, 1.82) is 10.5 Å². The maximum Gasteiger partial charge on any atom is 0.123 e. The fraction of sp³-hybridized carbons (Fsp3) is 0.182. The molecule has 0 bridgehead atoms. The molecule has 0 aliphatic carbocycles. The summed E-state index contributed by atoms with van der Waals surface area (Å²) in [5.74, 6) is 0.391. The summed E-state index contributed by atoms with van der Waals surface area (Å²) >= 11 is 1.53. The molecule has 132 valence electrons. The molecular formula is C22H18N4S. The van der Waals surface area contributed by atoms with Crippen molar-refractivity contribution in [2.45, 2.75) is 30.6 Å². The first kappa shape index (κ1) is 17.3. The molecule has 2 heterocycles. The van der Waals surface area contributed by atoms with Crippen molar-refractivity contribution in [2.24, 2.45) is 5.73 Å². The summed E-state index contributed by atoms with van der Waals surface area (Å²) in [4.78, 5) is 2.88. The number of thioether (sulfide) groups is 1. The van der Waals surface area contributed by atoms with Crippen molar-refractivity contribution in [3.8, 4) is 12.1 Å². The quantitative estimate of drug-likeness (QED) is 0.809. The largest absolute Gasteiger partial charge is 0.384 e. The molecular weight excluding hydrogens is 352 g/mol. The van der Waals surface area contributed by atoms with Crippen LogP contribution >= 0.6 is 11.8 Å². The number of benzene rings is 2. The van der Waals surface area contributed by atoms with Crippen LogP contribution in [-0.2, 0) is 0 Å². The second-order valence-corrected chi connectivity index (χ2v) is 7.93. The SMILES string of the molecule is CC(C)c1ccc([C@@H]2C(C#N)=C(N)N3C(=C2C#N)Sc2ccccc23)cc1. The van der Waals surface area contributed by atoms with Crippen LogP contribution in [0.25, 0.3) is 0 Å². The van der Waals surface area contributed by atoms with Gasteiger partial charge in [0.15, 0.2) is 0 Å². The molecule has 1 atom stereocenters. The van der Waals surface area contributed by atoms with Crippen LogP contribution in [0.15, 0.2) is 75.4 Å². The van der Waals surface area contributed by atoms with Crippen LogP contribution in [0.3, 0.4) is 0 Å². The van der Waals surface area contributed by atoms with Crippen LogP contribution < -0.4 is 10.6 Å². The number of nitrogens with zero attached hydrogens (tertiary/aromatic N) is 3. The predicted octanol–water partition coefficient (Wildman–Crippen LogP) is 4.95. The van der Waals surface area contributed by atoms with Crippen LogP contribution in [0.1, 0.15) is 36.8 Å². The second-order valence-electron chi connectivity index (χ2n) is 6.90. The van der Waals surface area contributed by atoms with E-state index in [4.69, 9.17) is 5.73 Å². The highest BCUT2D eigenvalue weighted by molar-refractivity contribution is 8.03. The van der Waals surface area contributed by atoms with Gasteiger partial charge in [-0.05, 0) is 29.2 Å². The first-order valence-electron chi connectivity index (χ1n) is 8.77. The molecule has 4 nitrogen and oxygen atoms in total. The van der Waals surface area contributed by atoms with E-state index in [1.54, 1.807) is 0 Å². The first-order valence-corrected chi connectivity index (χ1v) is 9.59. The molecule has 0 unspecified atom stereocenters. The van der Waals surface area contributed by atoms with Gasteiger partial charge < -0.3 is 5.73 Å². The van der Waals surface area contributed by atoms with Crippen LogP contribution in [0, 0.1) is 22.7 Å². The summed E-state index contributed by atoms with van der Waals surface area (Å²) in [6.07, 6.45) is 0. The Labute approximate surface area is 163 Å². The van der Waals surface area contributed by atoms with E-state index < -0.39 is 5.92 Å². The number of fused-ring (bicyclic) bond motifs is 3. The Balaban J connectivity index is 1.90. The molecule has 0 radical (unpaired) electrons. The molecule has 4 rings (SSSR count). The molecule has 2 aliphatic rings. The minimum absolute atomic E-state index is 0.405. The lowest BCUT2D eigenvalue weighted by molar-refractivity contribution is 0.855. The Kier molecular flexibility index (Phi) is 4.18. The Morgan fingerprint density at radius 3 is 2.30 bits per heavy atom. The van der Waals surface area contributed by atoms with E-state index in [1.165, 1.54) is 17.3 Å². The van der Waals surface area contributed by atoms with Crippen molar-refractivity contribution >= 4 is 17.4 Å². The zero-order valence-corrected chi connectivity index (χ0v) is 15.9. The van der Waals surface area contributed by atoms with E-state index in [2.05, 4.69) is 38.1 Å². The van der Waals surface area contributed by atoms with Crippen molar-refractivity contribution in [1.82, 2.24) is 0 Å². The highest BCUT2D eigenvalue weighted by Gasteiger charge is 2.40. The van der Waals surface area contributed by atoms with Gasteiger partial charge in [-0.3, -0.25) is 4.90 Å². The van der Waals surface area contributed by atoms with Crippen molar-refractivity contribution in [2.75, 3.05) is 4.90 Å². The van der Waals surface area contributed by atoms with Gasteiger partial charge in [0.2, 0.25) is 0 Å². The second kappa shape index (κ2) is 6.54. The zero-order valence-electron chi connectivity index (χ0n) is 15.1. The lowest BCUT2D eigenvalue weighted by atomic mass is 9.83. The Morgan fingerprint density at radius 2 is 1.67 bits per heavy atom. The predicted molar refractivity (Wildman–Crippen MR) is 108 cm³/mol. The van der Waals surface area contributed by atoms with E-state index in [9.17, 15) is 10.5 Å². The van der Waals surface area contributed by atoms with E-state index >= 15 is 0 Å². The molecule has 2 aromatic carbocycles. The normalized spacial score (nSPS) is 18.3. The van der Waals surface area contributed by atoms with Gasteiger partial charge in [0.25, 0.3) is 0 Å². The molecule has 2 aromatic rings. The number of hydrogen-bond acceptors (Lipinski definition) is 5. The summed E-state index contributed by atoms with van der Waals surface area (Å²) in [6, 6.07) is 20.6. The van der Waals surface area contributed by atoms with Gasteiger partial charge in [-0.2, -0.15) is 10.5 Å². The highest BCUT2D eigenvalue weighted by Crippen LogP contribution is 2.54. The molecule has 0 fully saturated rings. The number of para-hydroxylation sites is 1. The van der Waals surface area contributed by atoms with Gasteiger partial charge >= 0.3 is 0 Å². The summed E-state index contributed by atoms with van der Waals surface area (Å²) in [5.41, 5.74) is 10.5. The number of nitriles is 2. The van der Waals surface area contributed by atoms with Gasteiger partial charge in [0.05, 0.1) is 34.9 Å². The summed E-state index contributed by atoms with van der Waals surface area (Å²) in [6.45, 7) is 4.28. The van der Waals surface area contributed by atoms with Crippen molar-refractivity contribution in [3.05, 3.63) is 81.7 Å².